The fourth-order valence-electron chi connectivity index (χ4n) is 4.66. The van der Waals surface area contributed by atoms with Crippen molar-refractivity contribution >= 4 is 11.8 Å². The number of hydrogen-bond acceptors (Lipinski definition) is 4. The monoisotopic (exact) mass is 371 g/mol. The molecule has 0 radical (unpaired) electrons. The van der Waals surface area contributed by atoms with Crippen LogP contribution in [0.15, 0.2) is 18.2 Å². The average molecular weight is 371 g/mol. The Kier molecular flexibility index (Phi) is 4.84. The van der Waals surface area contributed by atoms with E-state index in [4.69, 9.17) is 4.74 Å². The molecule has 2 aliphatic heterocycles. The quantitative estimate of drug-likeness (QED) is 0.878. The van der Waals surface area contributed by atoms with E-state index in [1.807, 2.05) is 28.9 Å². The first-order valence-electron chi connectivity index (χ1n) is 9.97. The van der Waals surface area contributed by atoms with Gasteiger partial charge in [-0.25, -0.2) is 0 Å². The van der Waals surface area contributed by atoms with Gasteiger partial charge in [0.05, 0.1) is 7.11 Å². The van der Waals surface area contributed by atoms with Gasteiger partial charge < -0.3 is 19.9 Å². The van der Waals surface area contributed by atoms with Crippen molar-refractivity contribution < 1.29 is 14.3 Å². The minimum absolute atomic E-state index is 0.0154. The Labute approximate surface area is 160 Å². The number of rotatable bonds is 3. The van der Waals surface area contributed by atoms with Crippen molar-refractivity contribution in [2.45, 2.75) is 26.2 Å². The third kappa shape index (κ3) is 3.43. The van der Waals surface area contributed by atoms with Crippen molar-refractivity contribution in [3.63, 3.8) is 0 Å². The molecule has 6 heteroatoms. The van der Waals surface area contributed by atoms with E-state index in [9.17, 15) is 9.59 Å². The highest BCUT2D eigenvalue weighted by Crippen LogP contribution is 2.59. The Hall–Kier alpha value is -2.08. The summed E-state index contributed by atoms with van der Waals surface area (Å²) in [5.74, 6) is 1.27. The number of methoxy groups -OCH3 is 1. The van der Waals surface area contributed by atoms with Gasteiger partial charge in [0.1, 0.15) is 5.75 Å². The second-order valence-corrected chi connectivity index (χ2v) is 8.17. The van der Waals surface area contributed by atoms with E-state index in [0.717, 1.165) is 43.7 Å². The van der Waals surface area contributed by atoms with E-state index in [0.29, 0.717) is 37.6 Å². The normalized spacial score (nSPS) is 24.0. The van der Waals surface area contributed by atoms with Crippen LogP contribution in [0, 0.1) is 18.3 Å². The number of piperidine rings is 1. The molecule has 2 heterocycles. The number of nitrogens with one attached hydrogen (secondary N) is 1. The molecule has 0 bridgehead atoms. The maximum absolute atomic E-state index is 12.9. The summed E-state index contributed by atoms with van der Waals surface area (Å²) in [5.41, 5.74) is 1.93. The van der Waals surface area contributed by atoms with E-state index in [1.54, 1.807) is 13.2 Å². The van der Waals surface area contributed by atoms with Crippen molar-refractivity contribution in [3.8, 4) is 5.75 Å². The Balaban J connectivity index is 1.34. The van der Waals surface area contributed by atoms with Gasteiger partial charge in [0.2, 0.25) is 5.91 Å². The van der Waals surface area contributed by atoms with Crippen LogP contribution in [0.1, 0.15) is 35.2 Å². The van der Waals surface area contributed by atoms with Crippen LogP contribution in [0.4, 0.5) is 0 Å². The van der Waals surface area contributed by atoms with Gasteiger partial charge in [-0.05, 0) is 62.4 Å². The Bertz CT molecular complexity index is 734. The smallest absolute Gasteiger partial charge is 0.254 e. The summed E-state index contributed by atoms with van der Waals surface area (Å²) in [6.07, 6.45) is 3.30. The summed E-state index contributed by atoms with van der Waals surface area (Å²) in [7, 11) is 1.62. The lowest BCUT2D eigenvalue weighted by Crippen LogP contribution is -2.51. The van der Waals surface area contributed by atoms with Crippen molar-refractivity contribution in [2.24, 2.45) is 11.3 Å². The summed E-state index contributed by atoms with van der Waals surface area (Å²) in [5, 5.41) is 3.39. The van der Waals surface area contributed by atoms with Crippen molar-refractivity contribution in [2.75, 3.05) is 46.4 Å². The molecule has 4 rings (SSSR count). The number of piperazine rings is 1. The minimum atomic E-state index is 0.0154. The fraction of sp³-hybridized carbons (Fsp3) is 0.619. The number of carbonyl (C=O) groups is 2. The lowest BCUT2D eigenvalue weighted by molar-refractivity contribution is -0.135. The average Bonchev–Trinajstić information content (AvgIpc) is 3.40. The number of benzene rings is 1. The van der Waals surface area contributed by atoms with Crippen LogP contribution in [0.25, 0.3) is 0 Å². The van der Waals surface area contributed by atoms with Crippen LogP contribution in [-0.2, 0) is 4.79 Å². The SMILES string of the molecule is COc1cc(C(=O)N2CCN(C(=O)C3CC34CCNCC4)CC2)ccc1C. The third-order valence-corrected chi connectivity index (χ3v) is 6.62. The fourth-order valence-corrected chi connectivity index (χ4v) is 4.66. The molecule has 1 atom stereocenters. The molecule has 1 saturated carbocycles. The summed E-state index contributed by atoms with van der Waals surface area (Å²) < 4.78 is 5.33. The molecule has 1 spiro atoms. The first kappa shape index (κ1) is 18.3. The van der Waals surface area contributed by atoms with Crippen LogP contribution >= 0.6 is 0 Å². The molecular weight excluding hydrogens is 342 g/mol. The van der Waals surface area contributed by atoms with E-state index >= 15 is 0 Å². The van der Waals surface area contributed by atoms with Crippen LogP contribution in [0.5, 0.6) is 5.75 Å². The second-order valence-electron chi connectivity index (χ2n) is 8.17. The summed E-state index contributed by atoms with van der Waals surface area (Å²) in [6, 6.07) is 5.57. The summed E-state index contributed by atoms with van der Waals surface area (Å²) in [6.45, 7) is 6.50. The first-order chi connectivity index (χ1) is 13.0. The summed E-state index contributed by atoms with van der Waals surface area (Å²) in [4.78, 5) is 29.5. The van der Waals surface area contributed by atoms with Crippen molar-refractivity contribution in [1.82, 2.24) is 15.1 Å². The molecule has 146 valence electrons. The third-order valence-electron chi connectivity index (χ3n) is 6.62. The van der Waals surface area contributed by atoms with Crippen LogP contribution in [0.3, 0.4) is 0 Å². The number of aryl methyl sites for hydroxylation is 1. The zero-order chi connectivity index (χ0) is 19.0. The van der Waals surface area contributed by atoms with Gasteiger partial charge in [0.25, 0.3) is 5.91 Å². The maximum Gasteiger partial charge on any atom is 0.254 e. The molecule has 3 aliphatic rings. The molecule has 1 unspecified atom stereocenters. The number of ether oxygens (including phenoxy) is 1. The van der Waals surface area contributed by atoms with Gasteiger partial charge in [0.15, 0.2) is 0 Å². The molecule has 3 fully saturated rings. The van der Waals surface area contributed by atoms with E-state index in [-0.39, 0.29) is 17.2 Å². The van der Waals surface area contributed by atoms with E-state index in [2.05, 4.69) is 5.32 Å². The molecule has 27 heavy (non-hydrogen) atoms. The first-order valence-corrected chi connectivity index (χ1v) is 9.97. The van der Waals surface area contributed by atoms with E-state index < -0.39 is 0 Å². The standard InChI is InChI=1S/C21H29N3O3/c1-15-3-4-16(13-18(15)27-2)19(25)23-9-11-24(12-10-23)20(26)17-14-21(17)5-7-22-8-6-21/h3-4,13,17,22H,5-12,14H2,1-2H3. The van der Waals surface area contributed by atoms with Crippen LogP contribution in [-0.4, -0.2) is 68.0 Å². The highest BCUT2D eigenvalue weighted by molar-refractivity contribution is 5.95. The van der Waals surface area contributed by atoms with Gasteiger partial charge in [-0.1, -0.05) is 6.07 Å². The Morgan fingerprint density at radius 1 is 1.11 bits per heavy atom. The van der Waals surface area contributed by atoms with Gasteiger partial charge in [-0.3, -0.25) is 9.59 Å². The minimum Gasteiger partial charge on any atom is -0.496 e. The molecule has 1 aromatic carbocycles. The van der Waals surface area contributed by atoms with Crippen LogP contribution < -0.4 is 10.1 Å². The van der Waals surface area contributed by atoms with Crippen LogP contribution in [0.2, 0.25) is 0 Å². The molecule has 1 aromatic rings. The van der Waals surface area contributed by atoms with Crippen molar-refractivity contribution in [1.29, 1.82) is 0 Å². The highest BCUT2D eigenvalue weighted by Gasteiger charge is 2.58. The topological polar surface area (TPSA) is 61.9 Å². The second kappa shape index (κ2) is 7.15. The molecule has 1 N–H and O–H groups in total. The molecule has 2 saturated heterocycles. The molecular formula is C21H29N3O3. The lowest BCUT2D eigenvalue weighted by atomic mass is 9.91. The lowest BCUT2D eigenvalue weighted by Gasteiger charge is -2.35. The van der Waals surface area contributed by atoms with Gasteiger partial charge in [0, 0.05) is 37.7 Å². The summed E-state index contributed by atoms with van der Waals surface area (Å²) >= 11 is 0. The van der Waals surface area contributed by atoms with Gasteiger partial charge >= 0.3 is 0 Å². The van der Waals surface area contributed by atoms with Crippen molar-refractivity contribution in [3.05, 3.63) is 29.3 Å². The number of amides is 2. The molecule has 6 nitrogen and oxygen atoms in total. The maximum atomic E-state index is 12.9. The predicted molar refractivity (Wildman–Crippen MR) is 103 cm³/mol. The molecule has 2 amide bonds. The molecule has 0 aromatic heterocycles. The van der Waals surface area contributed by atoms with E-state index in [1.165, 1.54) is 0 Å². The highest BCUT2D eigenvalue weighted by atomic mass is 16.5. The Morgan fingerprint density at radius 2 is 1.78 bits per heavy atom. The zero-order valence-corrected chi connectivity index (χ0v) is 16.3. The molecule has 1 aliphatic carbocycles. The Morgan fingerprint density at radius 3 is 2.44 bits per heavy atom. The largest absolute Gasteiger partial charge is 0.496 e. The number of hydrogen-bond donors (Lipinski definition) is 1. The van der Waals surface area contributed by atoms with Gasteiger partial charge in [-0.2, -0.15) is 0 Å². The number of carbonyl (C=O) groups excluding carboxylic acids is 2. The van der Waals surface area contributed by atoms with Gasteiger partial charge in [-0.15, -0.1) is 0 Å². The number of nitrogens with zero attached hydrogens (tertiary/aromatic N) is 2. The zero-order valence-electron chi connectivity index (χ0n) is 16.3. The predicted octanol–water partition coefficient (Wildman–Crippen LogP) is 1.68.